The van der Waals surface area contributed by atoms with Crippen molar-refractivity contribution in [2.75, 3.05) is 6.54 Å². The highest BCUT2D eigenvalue weighted by atomic mass is 16.5. The minimum atomic E-state index is 0.234. The van der Waals surface area contributed by atoms with Crippen LogP contribution in [0.2, 0.25) is 0 Å². The fourth-order valence-electron chi connectivity index (χ4n) is 3.83. The van der Waals surface area contributed by atoms with Crippen molar-refractivity contribution in [3.63, 3.8) is 0 Å². The van der Waals surface area contributed by atoms with Crippen LogP contribution in [0.5, 0.6) is 5.75 Å². The van der Waals surface area contributed by atoms with Crippen molar-refractivity contribution in [3.8, 4) is 5.75 Å². The Kier molecular flexibility index (Phi) is 5.69. The average Bonchev–Trinajstić information content (AvgIpc) is 2.95. The van der Waals surface area contributed by atoms with Gasteiger partial charge in [0.25, 0.3) is 0 Å². The van der Waals surface area contributed by atoms with Gasteiger partial charge < -0.3 is 10.1 Å². The first-order chi connectivity index (χ1) is 10.1. The van der Waals surface area contributed by atoms with Gasteiger partial charge in [-0.15, -0.1) is 0 Å². The predicted molar refractivity (Wildman–Crippen MR) is 89.8 cm³/mol. The third-order valence-corrected chi connectivity index (χ3v) is 4.91. The van der Waals surface area contributed by atoms with Crippen LogP contribution in [0.4, 0.5) is 0 Å². The normalized spacial score (nSPS) is 18.9. The number of nitrogens with one attached hydrogen (secondary N) is 1. The van der Waals surface area contributed by atoms with E-state index in [-0.39, 0.29) is 6.10 Å². The van der Waals surface area contributed by atoms with Crippen molar-refractivity contribution in [1.82, 2.24) is 5.32 Å². The minimum Gasteiger partial charge on any atom is -0.491 e. The highest BCUT2D eigenvalue weighted by Crippen LogP contribution is 2.50. The van der Waals surface area contributed by atoms with Crippen LogP contribution in [-0.4, -0.2) is 12.6 Å². The number of hydrogen-bond acceptors (Lipinski definition) is 2. The van der Waals surface area contributed by atoms with E-state index in [1.807, 2.05) is 0 Å². The second-order valence-corrected chi connectivity index (χ2v) is 6.65. The molecule has 0 spiro atoms. The molecule has 1 aromatic rings. The van der Waals surface area contributed by atoms with Gasteiger partial charge in [0.2, 0.25) is 0 Å². The molecule has 0 saturated heterocycles. The largest absolute Gasteiger partial charge is 0.491 e. The molecule has 2 nitrogen and oxygen atoms in total. The van der Waals surface area contributed by atoms with E-state index in [1.54, 1.807) is 0 Å². The molecule has 1 aliphatic carbocycles. The summed E-state index contributed by atoms with van der Waals surface area (Å²) >= 11 is 0. The summed E-state index contributed by atoms with van der Waals surface area (Å²) in [6.45, 7) is 9.73. The Labute approximate surface area is 130 Å². The van der Waals surface area contributed by atoms with E-state index in [0.29, 0.717) is 11.5 Å². The zero-order chi connectivity index (χ0) is 15.3. The standard InChI is InChI=1S/C19H31NO/c1-5-19(13-7-8-14-19)18(20-6-2)16-9-11-17(12-10-16)21-15(3)4/h9-12,15,18,20H,5-8,13-14H2,1-4H3. The van der Waals surface area contributed by atoms with Gasteiger partial charge in [0.05, 0.1) is 6.10 Å². The van der Waals surface area contributed by atoms with Gasteiger partial charge in [-0.1, -0.05) is 38.8 Å². The Morgan fingerprint density at radius 2 is 1.71 bits per heavy atom. The molecule has 0 radical (unpaired) electrons. The first-order valence-corrected chi connectivity index (χ1v) is 8.61. The Hall–Kier alpha value is -1.02. The Bertz CT molecular complexity index is 418. The summed E-state index contributed by atoms with van der Waals surface area (Å²) in [6.07, 6.45) is 6.96. The van der Waals surface area contributed by atoms with Crippen molar-refractivity contribution < 1.29 is 4.74 Å². The molecule has 0 heterocycles. The maximum Gasteiger partial charge on any atom is 0.119 e. The molecule has 21 heavy (non-hydrogen) atoms. The van der Waals surface area contributed by atoms with E-state index in [9.17, 15) is 0 Å². The zero-order valence-corrected chi connectivity index (χ0v) is 14.1. The molecule has 0 aromatic heterocycles. The summed E-state index contributed by atoms with van der Waals surface area (Å²) in [6, 6.07) is 9.22. The summed E-state index contributed by atoms with van der Waals surface area (Å²) in [7, 11) is 0. The molecule has 1 saturated carbocycles. The quantitative estimate of drug-likeness (QED) is 0.754. The van der Waals surface area contributed by atoms with Crippen molar-refractivity contribution in [3.05, 3.63) is 29.8 Å². The summed E-state index contributed by atoms with van der Waals surface area (Å²) in [5, 5.41) is 3.75. The second kappa shape index (κ2) is 7.31. The molecule has 118 valence electrons. The highest BCUT2D eigenvalue weighted by Gasteiger charge is 2.40. The zero-order valence-electron chi connectivity index (χ0n) is 14.1. The minimum absolute atomic E-state index is 0.234. The first kappa shape index (κ1) is 16.4. The van der Waals surface area contributed by atoms with Crippen LogP contribution in [0.15, 0.2) is 24.3 Å². The van der Waals surface area contributed by atoms with E-state index in [4.69, 9.17) is 4.74 Å². The predicted octanol–water partition coefficient (Wildman–Crippen LogP) is 5.09. The molecule has 1 unspecified atom stereocenters. The topological polar surface area (TPSA) is 21.3 Å². The number of benzene rings is 1. The van der Waals surface area contributed by atoms with Gasteiger partial charge in [-0.2, -0.15) is 0 Å². The Morgan fingerprint density at radius 3 is 2.19 bits per heavy atom. The third kappa shape index (κ3) is 3.79. The van der Waals surface area contributed by atoms with Crippen LogP contribution >= 0.6 is 0 Å². The molecule has 0 amide bonds. The smallest absolute Gasteiger partial charge is 0.119 e. The van der Waals surface area contributed by atoms with Gasteiger partial charge in [-0.05, 0) is 62.8 Å². The summed E-state index contributed by atoms with van der Waals surface area (Å²) in [5.74, 6) is 0.973. The first-order valence-electron chi connectivity index (χ1n) is 8.61. The molecule has 1 atom stereocenters. The van der Waals surface area contributed by atoms with E-state index in [2.05, 4.69) is 57.3 Å². The van der Waals surface area contributed by atoms with Crippen molar-refractivity contribution in [2.24, 2.45) is 5.41 Å². The van der Waals surface area contributed by atoms with Crippen LogP contribution in [0.3, 0.4) is 0 Å². The van der Waals surface area contributed by atoms with Crippen LogP contribution in [0.25, 0.3) is 0 Å². The SMILES string of the molecule is CCNC(c1ccc(OC(C)C)cc1)C1(CC)CCCC1. The van der Waals surface area contributed by atoms with Gasteiger partial charge in [0.1, 0.15) is 5.75 Å². The Morgan fingerprint density at radius 1 is 1.10 bits per heavy atom. The molecule has 0 aliphatic heterocycles. The molecule has 1 fully saturated rings. The molecule has 1 N–H and O–H groups in total. The van der Waals surface area contributed by atoms with E-state index in [1.165, 1.54) is 37.7 Å². The fraction of sp³-hybridized carbons (Fsp3) is 0.684. The summed E-state index contributed by atoms with van der Waals surface area (Å²) < 4.78 is 5.77. The molecule has 2 rings (SSSR count). The van der Waals surface area contributed by atoms with Gasteiger partial charge in [0.15, 0.2) is 0 Å². The van der Waals surface area contributed by atoms with Crippen molar-refractivity contribution in [2.45, 2.75) is 71.9 Å². The third-order valence-electron chi connectivity index (χ3n) is 4.91. The molecule has 1 aromatic carbocycles. The van der Waals surface area contributed by atoms with Gasteiger partial charge in [-0.25, -0.2) is 0 Å². The lowest BCUT2D eigenvalue weighted by molar-refractivity contribution is 0.189. The van der Waals surface area contributed by atoms with Crippen molar-refractivity contribution >= 4 is 0 Å². The second-order valence-electron chi connectivity index (χ2n) is 6.65. The molecular weight excluding hydrogens is 258 g/mol. The molecule has 2 heteroatoms. The number of rotatable bonds is 7. The fourth-order valence-corrected chi connectivity index (χ4v) is 3.83. The lowest BCUT2D eigenvalue weighted by atomic mass is 9.73. The van der Waals surface area contributed by atoms with Gasteiger partial charge >= 0.3 is 0 Å². The molecule has 1 aliphatic rings. The lowest BCUT2D eigenvalue weighted by Gasteiger charge is -2.38. The molecule has 0 bridgehead atoms. The van der Waals surface area contributed by atoms with Crippen LogP contribution < -0.4 is 10.1 Å². The lowest BCUT2D eigenvalue weighted by Crippen LogP contribution is -2.36. The van der Waals surface area contributed by atoms with Crippen molar-refractivity contribution in [1.29, 1.82) is 0 Å². The summed E-state index contributed by atoms with van der Waals surface area (Å²) in [4.78, 5) is 0. The van der Waals surface area contributed by atoms with E-state index >= 15 is 0 Å². The Balaban J connectivity index is 2.21. The maximum absolute atomic E-state index is 5.77. The van der Waals surface area contributed by atoms with E-state index < -0.39 is 0 Å². The van der Waals surface area contributed by atoms with Gasteiger partial charge in [-0.3, -0.25) is 0 Å². The molecular formula is C19H31NO. The monoisotopic (exact) mass is 289 g/mol. The van der Waals surface area contributed by atoms with Crippen LogP contribution in [0.1, 0.15) is 71.4 Å². The highest BCUT2D eigenvalue weighted by molar-refractivity contribution is 5.30. The van der Waals surface area contributed by atoms with Gasteiger partial charge in [0, 0.05) is 6.04 Å². The van der Waals surface area contributed by atoms with Crippen LogP contribution in [0, 0.1) is 5.41 Å². The number of ether oxygens (including phenoxy) is 1. The van der Waals surface area contributed by atoms with Crippen LogP contribution in [-0.2, 0) is 0 Å². The van der Waals surface area contributed by atoms with E-state index in [0.717, 1.165) is 12.3 Å². The average molecular weight is 289 g/mol. The maximum atomic E-state index is 5.77. The summed E-state index contributed by atoms with van der Waals surface area (Å²) in [5.41, 5.74) is 1.85. The number of hydrogen-bond donors (Lipinski definition) is 1.